The first-order chi connectivity index (χ1) is 15.2. The Kier molecular flexibility index (Phi) is 6.68. The van der Waals surface area contributed by atoms with Crippen LogP contribution < -0.4 is 14.8 Å². The van der Waals surface area contributed by atoms with Gasteiger partial charge in [-0.05, 0) is 35.4 Å². The molecule has 0 bridgehead atoms. The zero-order valence-electron chi connectivity index (χ0n) is 17.3. The Hall–Kier alpha value is -3.52. The summed E-state index contributed by atoms with van der Waals surface area (Å²) in [5.74, 6) is 1.30. The van der Waals surface area contributed by atoms with Gasteiger partial charge in [-0.1, -0.05) is 18.2 Å². The molecule has 2 N–H and O–H groups in total. The van der Waals surface area contributed by atoms with Gasteiger partial charge in [-0.15, -0.1) is 0 Å². The number of rotatable bonds is 7. The molecule has 162 valence electrons. The Labute approximate surface area is 180 Å². The van der Waals surface area contributed by atoms with Crippen LogP contribution in [0.25, 0.3) is 11.1 Å². The van der Waals surface area contributed by atoms with E-state index >= 15 is 0 Å². The van der Waals surface area contributed by atoms with Crippen LogP contribution in [0.3, 0.4) is 0 Å². The standard InChI is InChI=1S/C23H25N3O5/c1-28-20-4-2-3-16(11-20)15-30-23(27)26-21-6-5-17(18-13-24-25-14-18)12-22(21)31-19-7-9-29-10-8-19/h2-6,11-14,19H,7-10,15H2,1H3,(H,24,25)(H,26,27). The predicted molar refractivity (Wildman–Crippen MR) is 115 cm³/mol. The number of methoxy groups -OCH3 is 1. The Balaban J connectivity index is 1.46. The molecule has 8 nitrogen and oxygen atoms in total. The van der Waals surface area contributed by atoms with Gasteiger partial charge in [0.1, 0.15) is 24.2 Å². The number of hydrogen-bond acceptors (Lipinski definition) is 6. The second-order valence-corrected chi connectivity index (χ2v) is 7.18. The molecule has 2 heterocycles. The maximum Gasteiger partial charge on any atom is 0.412 e. The fourth-order valence-corrected chi connectivity index (χ4v) is 3.34. The van der Waals surface area contributed by atoms with Crippen molar-refractivity contribution in [1.29, 1.82) is 0 Å². The van der Waals surface area contributed by atoms with Crippen LogP contribution in [0.2, 0.25) is 0 Å². The van der Waals surface area contributed by atoms with Crippen molar-refractivity contribution in [3.8, 4) is 22.6 Å². The van der Waals surface area contributed by atoms with Crippen molar-refractivity contribution in [2.75, 3.05) is 25.6 Å². The third-order valence-electron chi connectivity index (χ3n) is 5.02. The first-order valence-electron chi connectivity index (χ1n) is 10.2. The summed E-state index contributed by atoms with van der Waals surface area (Å²) in [6.07, 6.45) is 4.62. The molecule has 0 radical (unpaired) electrons. The summed E-state index contributed by atoms with van der Waals surface area (Å²) < 4.78 is 22.2. The van der Waals surface area contributed by atoms with Gasteiger partial charge in [0.25, 0.3) is 0 Å². The summed E-state index contributed by atoms with van der Waals surface area (Å²) in [5, 5.41) is 9.61. The summed E-state index contributed by atoms with van der Waals surface area (Å²) in [6.45, 7) is 1.46. The number of H-pyrrole nitrogens is 1. The minimum atomic E-state index is -0.560. The number of anilines is 1. The van der Waals surface area contributed by atoms with Gasteiger partial charge in [-0.2, -0.15) is 5.10 Å². The van der Waals surface area contributed by atoms with Crippen LogP contribution in [-0.4, -0.2) is 42.7 Å². The van der Waals surface area contributed by atoms with E-state index in [9.17, 15) is 4.79 Å². The molecule has 0 saturated carbocycles. The lowest BCUT2D eigenvalue weighted by molar-refractivity contribution is 0.0258. The van der Waals surface area contributed by atoms with Crippen molar-refractivity contribution in [2.45, 2.75) is 25.6 Å². The van der Waals surface area contributed by atoms with E-state index in [0.29, 0.717) is 30.4 Å². The first kappa shape index (κ1) is 20.7. The summed E-state index contributed by atoms with van der Waals surface area (Å²) in [6, 6.07) is 13.0. The highest BCUT2D eigenvalue weighted by Crippen LogP contribution is 2.32. The molecule has 2 aromatic carbocycles. The second kappa shape index (κ2) is 9.99. The van der Waals surface area contributed by atoms with Gasteiger partial charge >= 0.3 is 6.09 Å². The van der Waals surface area contributed by atoms with E-state index in [0.717, 1.165) is 29.5 Å². The van der Waals surface area contributed by atoms with E-state index in [1.165, 1.54) is 0 Å². The summed E-state index contributed by atoms with van der Waals surface area (Å²) >= 11 is 0. The molecule has 0 spiro atoms. The fraction of sp³-hybridized carbons (Fsp3) is 0.304. The van der Waals surface area contributed by atoms with Crippen LogP contribution in [0.15, 0.2) is 54.9 Å². The van der Waals surface area contributed by atoms with Crippen molar-refractivity contribution in [2.24, 2.45) is 0 Å². The number of nitrogens with one attached hydrogen (secondary N) is 2. The monoisotopic (exact) mass is 423 g/mol. The normalized spacial score (nSPS) is 14.1. The van der Waals surface area contributed by atoms with E-state index in [1.54, 1.807) is 13.3 Å². The van der Waals surface area contributed by atoms with Crippen molar-refractivity contribution >= 4 is 11.8 Å². The highest BCUT2D eigenvalue weighted by atomic mass is 16.5. The molecule has 1 aliphatic heterocycles. The number of aromatic amines is 1. The molecule has 4 rings (SSSR count). The van der Waals surface area contributed by atoms with E-state index < -0.39 is 6.09 Å². The van der Waals surface area contributed by atoms with Crippen molar-refractivity contribution in [1.82, 2.24) is 10.2 Å². The van der Waals surface area contributed by atoms with Gasteiger partial charge in [0, 0.05) is 24.6 Å². The molecule has 31 heavy (non-hydrogen) atoms. The van der Waals surface area contributed by atoms with Crippen LogP contribution in [0.1, 0.15) is 18.4 Å². The number of nitrogens with zero attached hydrogens (tertiary/aromatic N) is 1. The van der Waals surface area contributed by atoms with Gasteiger partial charge < -0.3 is 18.9 Å². The molecule has 3 aromatic rings. The van der Waals surface area contributed by atoms with Crippen molar-refractivity contribution in [3.63, 3.8) is 0 Å². The molecule has 1 saturated heterocycles. The number of amides is 1. The molecule has 0 aliphatic carbocycles. The minimum absolute atomic E-state index is 0.0294. The molecule has 1 fully saturated rings. The lowest BCUT2D eigenvalue weighted by Crippen LogP contribution is -2.26. The van der Waals surface area contributed by atoms with Crippen LogP contribution in [0.4, 0.5) is 10.5 Å². The van der Waals surface area contributed by atoms with Crippen LogP contribution in [0, 0.1) is 0 Å². The number of carbonyl (C=O) groups is 1. The lowest BCUT2D eigenvalue weighted by Gasteiger charge is -2.25. The zero-order valence-corrected chi connectivity index (χ0v) is 17.3. The first-order valence-corrected chi connectivity index (χ1v) is 10.2. The molecule has 0 unspecified atom stereocenters. The molecular formula is C23H25N3O5. The van der Waals surface area contributed by atoms with Gasteiger partial charge in [0.15, 0.2) is 0 Å². The van der Waals surface area contributed by atoms with Gasteiger partial charge in [-0.3, -0.25) is 10.4 Å². The summed E-state index contributed by atoms with van der Waals surface area (Å²) in [4.78, 5) is 12.4. The number of ether oxygens (including phenoxy) is 4. The average molecular weight is 423 g/mol. The van der Waals surface area contributed by atoms with E-state index in [2.05, 4.69) is 15.5 Å². The average Bonchev–Trinajstić information content (AvgIpc) is 3.35. The lowest BCUT2D eigenvalue weighted by atomic mass is 10.1. The smallest absolute Gasteiger partial charge is 0.412 e. The quantitative estimate of drug-likeness (QED) is 0.585. The largest absolute Gasteiger partial charge is 0.497 e. The third-order valence-corrected chi connectivity index (χ3v) is 5.02. The highest BCUT2D eigenvalue weighted by molar-refractivity contribution is 5.87. The zero-order chi connectivity index (χ0) is 21.5. The number of benzene rings is 2. The Morgan fingerprint density at radius 1 is 1.19 bits per heavy atom. The number of aromatic nitrogens is 2. The third kappa shape index (κ3) is 5.55. The van der Waals surface area contributed by atoms with Gasteiger partial charge in [0.2, 0.25) is 0 Å². The predicted octanol–water partition coefficient (Wildman–Crippen LogP) is 4.39. The second-order valence-electron chi connectivity index (χ2n) is 7.18. The molecule has 1 aromatic heterocycles. The fourth-order valence-electron chi connectivity index (χ4n) is 3.34. The van der Waals surface area contributed by atoms with Crippen LogP contribution in [0.5, 0.6) is 11.5 Å². The summed E-state index contributed by atoms with van der Waals surface area (Å²) in [7, 11) is 1.60. The molecule has 0 atom stereocenters. The van der Waals surface area contributed by atoms with Crippen LogP contribution in [-0.2, 0) is 16.1 Å². The number of hydrogen-bond donors (Lipinski definition) is 2. The van der Waals surface area contributed by atoms with Crippen molar-refractivity contribution in [3.05, 3.63) is 60.4 Å². The molecular weight excluding hydrogens is 398 g/mol. The highest BCUT2D eigenvalue weighted by Gasteiger charge is 2.19. The van der Waals surface area contributed by atoms with Gasteiger partial charge in [-0.25, -0.2) is 4.79 Å². The Morgan fingerprint density at radius 2 is 2.06 bits per heavy atom. The van der Waals surface area contributed by atoms with E-state index in [-0.39, 0.29) is 12.7 Å². The Bertz CT molecular complexity index is 1000. The van der Waals surface area contributed by atoms with Gasteiger partial charge in [0.05, 0.1) is 32.2 Å². The maximum absolute atomic E-state index is 12.4. The summed E-state index contributed by atoms with van der Waals surface area (Å²) in [5.41, 5.74) is 3.26. The molecule has 8 heteroatoms. The van der Waals surface area contributed by atoms with Crippen molar-refractivity contribution < 1.29 is 23.7 Å². The van der Waals surface area contributed by atoms with E-state index in [1.807, 2.05) is 48.7 Å². The molecule has 1 aliphatic rings. The molecule has 1 amide bonds. The van der Waals surface area contributed by atoms with E-state index in [4.69, 9.17) is 18.9 Å². The number of carbonyl (C=O) groups excluding carboxylic acids is 1. The minimum Gasteiger partial charge on any atom is -0.497 e. The van der Waals surface area contributed by atoms with Crippen LogP contribution >= 0.6 is 0 Å². The topological polar surface area (TPSA) is 94.7 Å². The maximum atomic E-state index is 12.4. The SMILES string of the molecule is COc1cccc(COC(=O)Nc2ccc(-c3cn[nH]c3)cc2OC2CCOCC2)c1. The Morgan fingerprint density at radius 3 is 2.84 bits per heavy atom.